The number of carbonyl (C=O) groups is 1. The molecule has 8 nitrogen and oxygen atoms in total. The van der Waals surface area contributed by atoms with Gasteiger partial charge in [0.25, 0.3) is 5.91 Å². The van der Waals surface area contributed by atoms with E-state index in [1.165, 1.54) is 12.1 Å². The van der Waals surface area contributed by atoms with Crippen molar-refractivity contribution in [2.45, 2.75) is 25.1 Å². The monoisotopic (exact) mass is 505 g/mol. The Labute approximate surface area is 209 Å². The smallest absolute Gasteiger partial charge is 0.382 e. The van der Waals surface area contributed by atoms with Crippen LogP contribution in [0.1, 0.15) is 39.5 Å². The number of nitrogens with zero attached hydrogens (tertiary/aromatic N) is 6. The molecule has 0 fully saturated rings. The molecule has 1 amide bonds. The highest BCUT2D eigenvalue weighted by atomic mass is 19.4. The zero-order valence-electron chi connectivity index (χ0n) is 20.0. The van der Waals surface area contributed by atoms with Crippen molar-refractivity contribution in [2.75, 3.05) is 10.6 Å². The van der Waals surface area contributed by atoms with E-state index >= 15 is 0 Å². The molecule has 3 aromatic heterocycles. The van der Waals surface area contributed by atoms with Crippen LogP contribution in [0.15, 0.2) is 55.0 Å². The number of nitrogen functional groups attached to an aromatic ring is 1. The van der Waals surface area contributed by atoms with Crippen molar-refractivity contribution in [1.82, 2.24) is 24.5 Å². The number of alkyl halides is 3. The van der Waals surface area contributed by atoms with Gasteiger partial charge in [-0.05, 0) is 54.3 Å². The molecule has 188 valence electrons. The maximum absolute atomic E-state index is 14.1. The molecule has 0 radical (unpaired) electrons. The average Bonchev–Trinajstić information content (AvgIpc) is 3.58. The van der Waals surface area contributed by atoms with E-state index < -0.39 is 17.8 Å². The number of fused-ring (bicyclic) bond motifs is 4. The molecule has 1 atom stereocenters. The van der Waals surface area contributed by atoms with Crippen molar-refractivity contribution >= 4 is 39.2 Å². The van der Waals surface area contributed by atoms with E-state index in [0.29, 0.717) is 52.1 Å². The van der Waals surface area contributed by atoms with Gasteiger partial charge in [-0.15, -0.1) is 0 Å². The summed E-state index contributed by atoms with van der Waals surface area (Å²) in [5.74, 6) is 0.0564. The molecule has 0 bridgehead atoms. The van der Waals surface area contributed by atoms with E-state index in [2.05, 4.69) is 15.2 Å². The van der Waals surface area contributed by atoms with Crippen molar-refractivity contribution in [3.8, 4) is 0 Å². The first-order chi connectivity index (χ1) is 17.6. The van der Waals surface area contributed by atoms with Crippen LogP contribution in [0.4, 0.5) is 24.7 Å². The van der Waals surface area contributed by atoms with Crippen LogP contribution in [0.25, 0.3) is 21.8 Å². The van der Waals surface area contributed by atoms with E-state index in [-0.39, 0.29) is 5.91 Å². The predicted molar refractivity (Wildman–Crippen MR) is 133 cm³/mol. The average molecular weight is 506 g/mol. The summed E-state index contributed by atoms with van der Waals surface area (Å²) in [6.45, 7) is 0. The molecule has 2 aromatic carbocycles. The molecule has 1 aliphatic rings. The molecule has 5 aromatic rings. The standard InChI is InChI=1S/C26H22F3N7O/c1-34-13-17(11-31-34)36(22-8-4-14-9-16(26(27,28)29)5-6-18(14)22)25(37)15-3-7-21-19(10-15)20-12-32-35(2)23(20)24(30)33-21/h3,5-7,9-13,22H,4,8H2,1-2H3,(H2,30,33). The van der Waals surface area contributed by atoms with Gasteiger partial charge in [-0.25, -0.2) is 4.98 Å². The maximum Gasteiger partial charge on any atom is 0.416 e. The number of nitrogens with two attached hydrogens (primary N) is 1. The van der Waals surface area contributed by atoms with E-state index in [4.69, 9.17) is 5.73 Å². The fourth-order valence-corrected chi connectivity index (χ4v) is 5.25. The second kappa shape index (κ2) is 8.05. The number of amides is 1. The molecule has 1 unspecified atom stereocenters. The summed E-state index contributed by atoms with van der Waals surface area (Å²) in [5, 5.41) is 10.0. The number of hydrogen-bond donors (Lipinski definition) is 1. The summed E-state index contributed by atoms with van der Waals surface area (Å²) >= 11 is 0. The lowest BCUT2D eigenvalue weighted by Crippen LogP contribution is -2.34. The van der Waals surface area contributed by atoms with Crippen LogP contribution >= 0.6 is 0 Å². The van der Waals surface area contributed by atoms with Gasteiger partial charge in [0.15, 0.2) is 0 Å². The fourth-order valence-electron chi connectivity index (χ4n) is 5.25. The van der Waals surface area contributed by atoms with Gasteiger partial charge in [-0.1, -0.05) is 6.07 Å². The summed E-state index contributed by atoms with van der Waals surface area (Å²) in [6.07, 6.45) is 1.51. The van der Waals surface area contributed by atoms with Gasteiger partial charge in [0.2, 0.25) is 0 Å². The van der Waals surface area contributed by atoms with Crippen LogP contribution in [0.5, 0.6) is 0 Å². The predicted octanol–water partition coefficient (Wildman–Crippen LogP) is 4.79. The lowest BCUT2D eigenvalue weighted by atomic mass is 10.0. The topological polar surface area (TPSA) is 94.9 Å². The van der Waals surface area contributed by atoms with Crippen molar-refractivity contribution in [3.05, 3.63) is 77.2 Å². The van der Waals surface area contributed by atoms with Crippen LogP contribution in [0.3, 0.4) is 0 Å². The number of pyridine rings is 1. The molecular weight excluding hydrogens is 483 g/mol. The zero-order chi connectivity index (χ0) is 26.1. The second-order valence-corrected chi connectivity index (χ2v) is 9.27. The zero-order valence-corrected chi connectivity index (χ0v) is 20.0. The summed E-state index contributed by atoms with van der Waals surface area (Å²) in [6, 6.07) is 8.50. The van der Waals surface area contributed by atoms with Crippen molar-refractivity contribution in [1.29, 1.82) is 0 Å². The van der Waals surface area contributed by atoms with Gasteiger partial charge in [0.05, 0.1) is 35.2 Å². The molecule has 11 heteroatoms. The third-order valence-electron chi connectivity index (χ3n) is 6.97. The van der Waals surface area contributed by atoms with Gasteiger partial charge in [-0.2, -0.15) is 23.4 Å². The summed E-state index contributed by atoms with van der Waals surface area (Å²) in [7, 11) is 3.52. The Morgan fingerprint density at radius 2 is 1.89 bits per heavy atom. The van der Waals surface area contributed by atoms with Gasteiger partial charge in [0, 0.05) is 36.6 Å². The SMILES string of the molecule is Cn1cc(N(C(=O)c2ccc3nc(N)c4c(cnn4C)c3c2)C2CCc3cc(C(F)(F)F)ccc32)cn1. The molecule has 0 saturated heterocycles. The lowest BCUT2D eigenvalue weighted by molar-refractivity contribution is -0.137. The van der Waals surface area contributed by atoms with Gasteiger partial charge >= 0.3 is 6.18 Å². The molecule has 0 spiro atoms. The first-order valence-electron chi connectivity index (χ1n) is 11.6. The number of aromatic nitrogens is 5. The van der Waals surface area contributed by atoms with Crippen LogP contribution in [-0.4, -0.2) is 30.5 Å². The van der Waals surface area contributed by atoms with Crippen LogP contribution < -0.4 is 10.6 Å². The highest BCUT2D eigenvalue weighted by Crippen LogP contribution is 2.42. The number of benzene rings is 2. The van der Waals surface area contributed by atoms with E-state index in [0.717, 1.165) is 16.8 Å². The third kappa shape index (κ3) is 3.69. The molecule has 0 saturated carbocycles. The summed E-state index contributed by atoms with van der Waals surface area (Å²) in [5.41, 5.74) is 9.02. The number of carbonyl (C=O) groups excluding carboxylic acids is 1. The van der Waals surface area contributed by atoms with Crippen molar-refractivity contribution < 1.29 is 18.0 Å². The van der Waals surface area contributed by atoms with Crippen LogP contribution in [-0.2, 0) is 26.7 Å². The molecule has 2 N–H and O–H groups in total. The number of hydrogen-bond acceptors (Lipinski definition) is 5. The molecular formula is C26H22F3N7O. The Morgan fingerprint density at radius 1 is 1.08 bits per heavy atom. The number of aryl methyl sites for hydroxylation is 3. The lowest BCUT2D eigenvalue weighted by Gasteiger charge is -2.29. The second-order valence-electron chi connectivity index (χ2n) is 9.27. The summed E-state index contributed by atoms with van der Waals surface area (Å²) in [4.78, 5) is 20.2. The third-order valence-corrected chi connectivity index (χ3v) is 6.97. The Balaban J connectivity index is 1.47. The largest absolute Gasteiger partial charge is 0.416 e. The number of halogens is 3. The van der Waals surface area contributed by atoms with Gasteiger partial charge in [-0.3, -0.25) is 19.1 Å². The molecule has 37 heavy (non-hydrogen) atoms. The van der Waals surface area contributed by atoms with Gasteiger partial charge in [0.1, 0.15) is 11.3 Å². The van der Waals surface area contributed by atoms with Gasteiger partial charge < -0.3 is 5.73 Å². The molecule has 0 aliphatic heterocycles. The molecule has 1 aliphatic carbocycles. The summed E-state index contributed by atoms with van der Waals surface area (Å²) < 4.78 is 43.1. The highest BCUT2D eigenvalue weighted by molar-refractivity contribution is 6.13. The first kappa shape index (κ1) is 23.0. The Bertz CT molecular complexity index is 1700. The Morgan fingerprint density at radius 3 is 2.62 bits per heavy atom. The normalized spacial score (nSPS) is 15.4. The van der Waals surface area contributed by atoms with Crippen LogP contribution in [0.2, 0.25) is 0 Å². The first-order valence-corrected chi connectivity index (χ1v) is 11.6. The quantitative estimate of drug-likeness (QED) is 0.381. The van der Waals surface area contributed by atoms with Crippen LogP contribution in [0, 0.1) is 0 Å². The highest BCUT2D eigenvalue weighted by Gasteiger charge is 2.37. The van der Waals surface area contributed by atoms with E-state index in [9.17, 15) is 18.0 Å². The number of rotatable bonds is 3. The Hall–Kier alpha value is -4.41. The number of anilines is 2. The minimum Gasteiger partial charge on any atom is -0.382 e. The molecule has 3 heterocycles. The minimum atomic E-state index is -4.42. The van der Waals surface area contributed by atoms with E-state index in [1.807, 2.05) is 0 Å². The minimum absolute atomic E-state index is 0.290. The molecule has 6 rings (SSSR count). The maximum atomic E-state index is 14.1. The Kier molecular flexibility index (Phi) is 5.01. The fraction of sp³-hybridized carbons (Fsp3) is 0.231. The van der Waals surface area contributed by atoms with Crippen molar-refractivity contribution in [2.24, 2.45) is 14.1 Å². The van der Waals surface area contributed by atoms with E-state index in [1.54, 1.807) is 65.1 Å². The van der Waals surface area contributed by atoms with Crippen molar-refractivity contribution in [3.63, 3.8) is 0 Å².